The molecular weight excluding hydrogens is 680 g/mol. The molecule has 2 heterocycles. The van der Waals surface area contributed by atoms with Gasteiger partial charge >= 0.3 is 11.9 Å². The van der Waals surface area contributed by atoms with Crippen LogP contribution in [0.1, 0.15) is 47.0 Å². The first kappa shape index (κ1) is 39.6. The minimum Gasteiger partial charge on any atom is -0.481 e. The van der Waals surface area contributed by atoms with Crippen LogP contribution in [0.2, 0.25) is 0 Å². The van der Waals surface area contributed by atoms with Gasteiger partial charge in [-0.05, 0) is 50.2 Å². The van der Waals surface area contributed by atoms with Gasteiger partial charge in [0.15, 0.2) is 38.2 Å². The van der Waals surface area contributed by atoms with Gasteiger partial charge in [-0.2, -0.15) is 0 Å². The van der Waals surface area contributed by atoms with E-state index in [-0.39, 0.29) is 73.2 Å². The van der Waals surface area contributed by atoms with Crippen molar-refractivity contribution in [1.82, 2.24) is 9.13 Å². The average Bonchev–Trinajstić information content (AvgIpc) is 3.53. The zero-order chi connectivity index (χ0) is 36.3. The molecule has 0 radical (unpaired) electrons. The number of carboxylic acid groups (broad SMARTS) is 2. The van der Waals surface area contributed by atoms with Gasteiger partial charge in [-0.1, -0.05) is 39.1 Å². The lowest BCUT2D eigenvalue weighted by molar-refractivity contribution is -0.140. The predicted molar refractivity (Wildman–Crippen MR) is 188 cm³/mol. The molecule has 5 aromatic rings. The molecule has 0 bridgehead atoms. The van der Waals surface area contributed by atoms with Gasteiger partial charge in [0.25, 0.3) is 23.4 Å². The molecule has 0 saturated heterocycles. The van der Waals surface area contributed by atoms with E-state index in [1.165, 1.54) is 12.1 Å². The molecule has 16 heteroatoms. The molecule has 0 aliphatic heterocycles. The number of hydrogen-bond donors (Lipinski definition) is 4. The van der Waals surface area contributed by atoms with E-state index in [1.54, 1.807) is 71.5 Å². The molecule has 0 aliphatic rings. The summed E-state index contributed by atoms with van der Waals surface area (Å²) in [5.41, 5.74) is 11.9. The first-order valence-electron chi connectivity index (χ1n) is 14.8. The van der Waals surface area contributed by atoms with Crippen LogP contribution in [0.3, 0.4) is 0 Å². The lowest BCUT2D eigenvalue weighted by Gasteiger charge is -2.16. The van der Waals surface area contributed by atoms with E-state index < -0.39 is 48.5 Å². The molecule has 6 N–H and O–H groups in total. The second kappa shape index (κ2) is 16.2. The number of ether oxygens (including phenoxy) is 4. The van der Waals surface area contributed by atoms with E-state index in [1.807, 2.05) is 0 Å². The maximum atomic E-state index is 12.9. The summed E-state index contributed by atoms with van der Waals surface area (Å²) in [4.78, 5) is 72.1. The summed E-state index contributed by atoms with van der Waals surface area (Å²) < 4.78 is 26.3. The van der Waals surface area contributed by atoms with E-state index in [0.29, 0.717) is 22.4 Å². The largest absolute Gasteiger partial charge is 0.481 e. The molecule has 0 unspecified atom stereocenters. The van der Waals surface area contributed by atoms with Crippen molar-refractivity contribution in [3.05, 3.63) is 83.2 Å². The summed E-state index contributed by atoms with van der Waals surface area (Å²) in [6.07, 6.45) is 0. The Hall–Kier alpha value is -6.84. The molecule has 274 valence electrons. The predicted octanol–water partition coefficient (Wildman–Crippen LogP) is 3.82. The van der Waals surface area contributed by atoms with Gasteiger partial charge in [0.05, 0.1) is 32.9 Å². The number of carboxylic acids is 2. The number of hydrogen-bond acceptors (Lipinski definition) is 10. The van der Waals surface area contributed by atoms with Crippen molar-refractivity contribution in [1.29, 1.82) is 0 Å². The number of Topliss-reactive ketones (excluding diaryl/α,β-unsaturated/α-hetero) is 2. The number of primary amides is 2. The summed E-state index contributed by atoms with van der Waals surface area (Å²) in [5.74, 6) is -6.30. The van der Waals surface area contributed by atoms with E-state index in [0.717, 1.165) is 0 Å². The van der Waals surface area contributed by atoms with Crippen LogP contribution < -0.4 is 30.4 Å². The zero-order valence-electron chi connectivity index (χ0n) is 26.6. The summed E-state index contributed by atoms with van der Waals surface area (Å²) in [5, 5.41) is 18.6. The normalized spacial score (nSPS) is 10.5. The number of nitrogens with two attached hydrogens (primary N) is 2. The van der Waals surface area contributed by atoms with Gasteiger partial charge in [0.1, 0.15) is 11.5 Å². The van der Waals surface area contributed by atoms with Gasteiger partial charge in [-0.3, -0.25) is 19.2 Å². The number of fused-ring (bicyclic) bond motifs is 2. The minimum absolute atomic E-state index is 0. The third-order valence-corrected chi connectivity index (χ3v) is 7.77. The van der Waals surface area contributed by atoms with Crippen molar-refractivity contribution in [2.75, 3.05) is 13.2 Å². The lowest BCUT2D eigenvalue weighted by Crippen LogP contribution is -2.24. The van der Waals surface area contributed by atoms with Crippen molar-refractivity contribution >= 4 is 57.1 Å². The maximum absolute atomic E-state index is 12.9. The molecule has 2 amide bonds. The van der Waals surface area contributed by atoms with Crippen LogP contribution in [-0.2, 0) is 32.6 Å². The van der Waals surface area contributed by atoms with Crippen LogP contribution in [0.5, 0.6) is 23.0 Å². The molecule has 0 aliphatic carbocycles. The molecule has 52 heavy (non-hydrogen) atoms. The second-order valence-electron chi connectivity index (χ2n) is 10.8. The Kier molecular flexibility index (Phi) is 12.4. The smallest absolute Gasteiger partial charge is 0.341 e. The number of carbonyl (C=O) groups excluding carboxylic acids is 4. The van der Waals surface area contributed by atoms with Crippen LogP contribution >= 0.6 is 0 Å². The Balaban J connectivity index is 0.00000364. The Morgan fingerprint density at radius 2 is 0.904 bits per heavy atom. The monoisotopic (exact) mass is 718 g/mol. The van der Waals surface area contributed by atoms with Crippen LogP contribution in [-0.4, -0.2) is 67.9 Å². The first-order valence-corrected chi connectivity index (χ1v) is 14.8. The first-order chi connectivity index (χ1) is 23.8. The van der Waals surface area contributed by atoms with Gasteiger partial charge < -0.3 is 49.8 Å². The van der Waals surface area contributed by atoms with E-state index in [2.05, 4.69) is 0 Å². The van der Waals surface area contributed by atoms with Crippen LogP contribution in [0.4, 0.5) is 0 Å². The highest BCUT2D eigenvalue weighted by Crippen LogP contribution is 2.37. The fourth-order valence-corrected chi connectivity index (χ4v) is 5.60. The average molecular weight is 719 g/mol. The van der Waals surface area contributed by atoms with E-state index >= 15 is 0 Å². The number of benzene rings is 3. The molecule has 0 saturated carbocycles. The number of ketones is 2. The number of nitrogens with zero attached hydrogens (tertiary/aromatic N) is 2. The standard InChI is InChI=1S/C34H30N4O12.2CH4/c1-17-27(31(43)33(35)45)29-19(7-5-11-23(29)47-13-25(39)40)37(17)15-49-21-9-3-4-10-22(21)50-16-38-18(2)28(32(44)34(36)46)30-20(38)8-6-12-24(30)48-14-26(41)42;;/h3-12H,13-16H2,1-2H3,(H2,35,45)(H2,36,46)(H,39,40)(H,41,42);2*1H4. The quantitative estimate of drug-likeness (QED) is 0.0841. The molecule has 0 fully saturated rings. The Labute approximate surface area is 297 Å². The Morgan fingerprint density at radius 3 is 1.23 bits per heavy atom. The Morgan fingerprint density at radius 1 is 0.558 bits per heavy atom. The third-order valence-electron chi connectivity index (χ3n) is 7.77. The van der Waals surface area contributed by atoms with Crippen molar-refractivity contribution in [3.8, 4) is 23.0 Å². The maximum Gasteiger partial charge on any atom is 0.341 e. The van der Waals surface area contributed by atoms with Crippen molar-refractivity contribution in [2.45, 2.75) is 42.2 Å². The SMILES string of the molecule is C.C.Cc1c(C(=O)C(N)=O)c2c(OCC(=O)O)cccc2n1COc1ccccc1OCn1c(C)c(C(=O)C(N)=O)c2c(OCC(=O)O)cccc21. The number of amides is 2. The molecular formula is C36H38N4O12. The number of aromatic nitrogens is 2. The van der Waals surface area contributed by atoms with Gasteiger partial charge in [-0.15, -0.1) is 0 Å². The molecule has 5 rings (SSSR count). The summed E-state index contributed by atoms with van der Waals surface area (Å²) in [7, 11) is 0. The lowest BCUT2D eigenvalue weighted by atomic mass is 10.1. The van der Waals surface area contributed by atoms with E-state index in [9.17, 15) is 28.8 Å². The summed E-state index contributed by atoms with van der Waals surface area (Å²) >= 11 is 0. The number of rotatable bonds is 16. The fraction of sp³-hybridized carbons (Fsp3) is 0.222. The van der Waals surface area contributed by atoms with Gasteiger partial charge in [0, 0.05) is 11.4 Å². The fourth-order valence-electron chi connectivity index (χ4n) is 5.60. The molecule has 0 atom stereocenters. The van der Waals surface area contributed by atoms with Crippen molar-refractivity contribution in [2.24, 2.45) is 11.5 Å². The molecule has 2 aromatic heterocycles. The number of carbonyl (C=O) groups is 6. The van der Waals surface area contributed by atoms with Crippen molar-refractivity contribution in [3.63, 3.8) is 0 Å². The topological polar surface area (TPSA) is 242 Å². The van der Waals surface area contributed by atoms with Crippen LogP contribution in [0.25, 0.3) is 21.8 Å². The van der Waals surface area contributed by atoms with Gasteiger partial charge in [0.2, 0.25) is 0 Å². The molecule has 3 aromatic carbocycles. The number of para-hydroxylation sites is 2. The highest BCUT2D eigenvalue weighted by Gasteiger charge is 2.28. The summed E-state index contributed by atoms with van der Waals surface area (Å²) in [6.45, 7) is 1.35. The van der Waals surface area contributed by atoms with Gasteiger partial charge in [-0.25, -0.2) is 9.59 Å². The highest BCUT2D eigenvalue weighted by atomic mass is 16.5. The Bertz CT molecular complexity index is 2060. The second-order valence-corrected chi connectivity index (χ2v) is 10.8. The number of aliphatic carboxylic acids is 2. The summed E-state index contributed by atoms with van der Waals surface area (Å²) in [6, 6.07) is 16.0. The minimum atomic E-state index is -1.24. The van der Waals surface area contributed by atoms with Crippen LogP contribution in [0.15, 0.2) is 60.7 Å². The molecule has 0 spiro atoms. The van der Waals surface area contributed by atoms with E-state index in [4.69, 9.17) is 40.6 Å². The van der Waals surface area contributed by atoms with Crippen molar-refractivity contribution < 1.29 is 57.9 Å². The third kappa shape index (κ3) is 7.65. The molecule has 16 nitrogen and oxygen atoms in total. The highest BCUT2D eigenvalue weighted by molar-refractivity contribution is 6.45. The van der Waals surface area contributed by atoms with Crippen LogP contribution in [0, 0.1) is 13.8 Å². The zero-order valence-corrected chi connectivity index (χ0v) is 26.6.